The Labute approximate surface area is 77.2 Å². The van der Waals surface area contributed by atoms with Crippen LogP contribution < -0.4 is 5.32 Å². The Morgan fingerprint density at radius 2 is 2.50 bits per heavy atom. The number of carbonyl (C=O) groups excluding carboxylic acids is 1. The predicted molar refractivity (Wildman–Crippen MR) is 50.1 cm³/mol. The number of rotatable bonds is 3. The van der Waals surface area contributed by atoms with Gasteiger partial charge in [0.05, 0.1) is 17.9 Å². The highest BCUT2D eigenvalue weighted by molar-refractivity contribution is 8.00. The Morgan fingerprint density at radius 3 is 3.00 bits per heavy atom. The van der Waals surface area contributed by atoms with Crippen molar-refractivity contribution in [2.75, 3.05) is 18.9 Å². The lowest BCUT2D eigenvalue weighted by Gasteiger charge is -2.21. The molecule has 0 bridgehead atoms. The standard InChI is InChI=1S/C8H15NO2S/c1-3-11-7(10)6-8(2)9-4-5-12-8/h9H,3-6H2,1-2H3/t8-/m1/s1. The second-order valence-corrected chi connectivity index (χ2v) is 4.59. The smallest absolute Gasteiger partial charge is 0.308 e. The van der Waals surface area contributed by atoms with Crippen molar-refractivity contribution in [2.45, 2.75) is 25.1 Å². The van der Waals surface area contributed by atoms with Gasteiger partial charge in [0.2, 0.25) is 0 Å². The molecular formula is C8H15NO2S. The molecule has 0 aliphatic carbocycles. The van der Waals surface area contributed by atoms with Crippen molar-refractivity contribution in [1.29, 1.82) is 0 Å². The van der Waals surface area contributed by atoms with Gasteiger partial charge >= 0.3 is 5.97 Å². The van der Waals surface area contributed by atoms with E-state index < -0.39 is 0 Å². The van der Waals surface area contributed by atoms with Crippen molar-refractivity contribution in [3.63, 3.8) is 0 Å². The molecule has 0 radical (unpaired) electrons. The van der Waals surface area contributed by atoms with E-state index >= 15 is 0 Å². The Bertz CT molecular complexity index is 166. The molecule has 0 spiro atoms. The number of hydrogen-bond acceptors (Lipinski definition) is 4. The van der Waals surface area contributed by atoms with Gasteiger partial charge in [-0.05, 0) is 13.8 Å². The molecule has 3 nitrogen and oxygen atoms in total. The molecule has 1 rings (SSSR count). The Hall–Kier alpha value is -0.220. The summed E-state index contributed by atoms with van der Waals surface area (Å²) in [6, 6.07) is 0. The number of hydrogen-bond donors (Lipinski definition) is 1. The fourth-order valence-corrected chi connectivity index (χ4v) is 2.32. The zero-order valence-electron chi connectivity index (χ0n) is 7.55. The lowest BCUT2D eigenvalue weighted by molar-refractivity contribution is -0.143. The molecule has 0 aromatic rings. The number of ether oxygens (including phenoxy) is 1. The summed E-state index contributed by atoms with van der Waals surface area (Å²) in [4.78, 5) is 11.0. The van der Waals surface area contributed by atoms with Gasteiger partial charge in [-0.2, -0.15) is 0 Å². The van der Waals surface area contributed by atoms with Gasteiger partial charge in [-0.3, -0.25) is 4.79 Å². The summed E-state index contributed by atoms with van der Waals surface area (Å²) in [6.45, 7) is 5.33. The van der Waals surface area contributed by atoms with Crippen LogP contribution in [0.1, 0.15) is 20.3 Å². The van der Waals surface area contributed by atoms with Crippen LogP contribution in [0, 0.1) is 0 Å². The highest BCUT2D eigenvalue weighted by Gasteiger charge is 2.31. The molecule has 70 valence electrons. The molecule has 1 atom stereocenters. The van der Waals surface area contributed by atoms with Crippen molar-refractivity contribution >= 4 is 17.7 Å². The maximum absolute atomic E-state index is 11.1. The topological polar surface area (TPSA) is 38.3 Å². The lowest BCUT2D eigenvalue weighted by atomic mass is 10.2. The minimum Gasteiger partial charge on any atom is -0.466 e. The number of thioether (sulfide) groups is 1. The third kappa shape index (κ3) is 2.68. The molecule has 0 unspecified atom stereocenters. The van der Waals surface area contributed by atoms with Gasteiger partial charge in [-0.25, -0.2) is 0 Å². The summed E-state index contributed by atoms with van der Waals surface area (Å²) in [5.74, 6) is 0.970. The fraction of sp³-hybridized carbons (Fsp3) is 0.875. The summed E-state index contributed by atoms with van der Waals surface area (Å²) >= 11 is 1.79. The largest absolute Gasteiger partial charge is 0.466 e. The van der Waals surface area contributed by atoms with Crippen molar-refractivity contribution in [1.82, 2.24) is 5.32 Å². The van der Waals surface area contributed by atoms with Gasteiger partial charge in [0.1, 0.15) is 0 Å². The molecule has 0 aromatic heterocycles. The Balaban J connectivity index is 2.33. The summed E-state index contributed by atoms with van der Waals surface area (Å²) in [6.07, 6.45) is 0.464. The predicted octanol–water partition coefficient (Wildman–Crippen LogP) is 0.992. The van der Waals surface area contributed by atoms with E-state index in [4.69, 9.17) is 4.74 Å². The van der Waals surface area contributed by atoms with Gasteiger partial charge in [0, 0.05) is 12.3 Å². The summed E-state index contributed by atoms with van der Waals surface area (Å²) < 4.78 is 4.88. The lowest BCUT2D eigenvalue weighted by Crippen LogP contribution is -2.36. The average molecular weight is 189 g/mol. The van der Waals surface area contributed by atoms with E-state index in [1.807, 2.05) is 13.8 Å². The summed E-state index contributed by atoms with van der Waals surface area (Å²) in [7, 11) is 0. The monoisotopic (exact) mass is 189 g/mol. The first kappa shape index (κ1) is 9.86. The molecular weight excluding hydrogens is 174 g/mol. The first-order chi connectivity index (χ1) is 5.66. The minimum absolute atomic E-state index is 0.0910. The van der Waals surface area contributed by atoms with Crippen LogP contribution in [-0.2, 0) is 9.53 Å². The molecule has 1 fully saturated rings. The molecule has 1 aliphatic heterocycles. The van der Waals surface area contributed by atoms with E-state index in [1.54, 1.807) is 11.8 Å². The third-order valence-electron chi connectivity index (χ3n) is 1.81. The zero-order valence-corrected chi connectivity index (χ0v) is 8.37. The molecule has 4 heteroatoms. The maximum atomic E-state index is 11.1. The van der Waals surface area contributed by atoms with Crippen molar-refractivity contribution < 1.29 is 9.53 Å². The van der Waals surface area contributed by atoms with Crippen LogP contribution in [0.2, 0.25) is 0 Å². The zero-order chi connectivity index (χ0) is 9.03. The maximum Gasteiger partial charge on any atom is 0.308 e. The SMILES string of the molecule is CCOC(=O)C[C@]1(C)NCCS1. The number of esters is 1. The van der Waals surface area contributed by atoms with Gasteiger partial charge in [0.15, 0.2) is 0 Å². The van der Waals surface area contributed by atoms with Crippen LogP contribution in [0.4, 0.5) is 0 Å². The van der Waals surface area contributed by atoms with E-state index in [2.05, 4.69) is 5.32 Å². The molecule has 1 aliphatic rings. The second-order valence-electron chi connectivity index (χ2n) is 2.99. The van der Waals surface area contributed by atoms with Gasteiger partial charge < -0.3 is 10.1 Å². The normalized spacial score (nSPS) is 28.8. The quantitative estimate of drug-likeness (QED) is 0.672. The van der Waals surface area contributed by atoms with Crippen LogP contribution in [0.25, 0.3) is 0 Å². The Kier molecular flexibility index (Phi) is 3.40. The second kappa shape index (κ2) is 4.14. The van der Waals surface area contributed by atoms with E-state index in [-0.39, 0.29) is 10.8 Å². The fourth-order valence-electron chi connectivity index (χ4n) is 1.24. The first-order valence-corrected chi connectivity index (χ1v) is 5.19. The van der Waals surface area contributed by atoms with Gasteiger partial charge in [-0.1, -0.05) is 0 Å². The van der Waals surface area contributed by atoms with Gasteiger partial charge in [0.25, 0.3) is 0 Å². The number of nitrogens with one attached hydrogen (secondary N) is 1. The van der Waals surface area contributed by atoms with Crippen LogP contribution in [0.15, 0.2) is 0 Å². The number of carbonyl (C=O) groups is 1. The van der Waals surface area contributed by atoms with E-state index in [0.717, 1.165) is 12.3 Å². The van der Waals surface area contributed by atoms with Crippen LogP contribution in [-0.4, -0.2) is 29.7 Å². The van der Waals surface area contributed by atoms with E-state index in [1.165, 1.54) is 0 Å². The molecule has 1 N–H and O–H groups in total. The molecule has 1 saturated heterocycles. The summed E-state index contributed by atoms with van der Waals surface area (Å²) in [5, 5.41) is 3.28. The summed E-state index contributed by atoms with van der Waals surface area (Å²) in [5.41, 5.74) is 0. The molecule has 0 aromatic carbocycles. The van der Waals surface area contributed by atoms with Gasteiger partial charge in [-0.15, -0.1) is 11.8 Å². The molecule has 0 amide bonds. The molecule has 1 heterocycles. The third-order valence-corrected chi connectivity index (χ3v) is 3.14. The highest BCUT2D eigenvalue weighted by Crippen LogP contribution is 2.29. The van der Waals surface area contributed by atoms with Crippen LogP contribution in [0.3, 0.4) is 0 Å². The van der Waals surface area contributed by atoms with Crippen LogP contribution in [0.5, 0.6) is 0 Å². The van der Waals surface area contributed by atoms with Crippen molar-refractivity contribution in [3.8, 4) is 0 Å². The molecule has 0 saturated carbocycles. The average Bonchev–Trinajstić information content (AvgIpc) is 2.36. The molecule has 12 heavy (non-hydrogen) atoms. The van der Waals surface area contributed by atoms with Crippen molar-refractivity contribution in [2.24, 2.45) is 0 Å². The van der Waals surface area contributed by atoms with E-state index in [9.17, 15) is 4.79 Å². The first-order valence-electron chi connectivity index (χ1n) is 4.21. The van der Waals surface area contributed by atoms with Crippen LogP contribution >= 0.6 is 11.8 Å². The Morgan fingerprint density at radius 1 is 1.75 bits per heavy atom. The van der Waals surface area contributed by atoms with Crippen molar-refractivity contribution in [3.05, 3.63) is 0 Å². The van der Waals surface area contributed by atoms with E-state index in [0.29, 0.717) is 13.0 Å². The minimum atomic E-state index is -0.109. The highest BCUT2D eigenvalue weighted by atomic mass is 32.2.